The highest BCUT2D eigenvalue weighted by Crippen LogP contribution is 1.83. The van der Waals surface area contributed by atoms with E-state index in [1.165, 1.54) is 0 Å². The smallest absolute Gasteiger partial charge is 0.0453 e. The largest absolute Gasteiger partial charge is 0.412 e. The Morgan fingerprint density at radius 2 is 1.50 bits per heavy atom. The number of nitrogens with two attached hydrogens (primary N) is 1. The van der Waals surface area contributed by atoms with Gasteiger partial charge in [0.05, 0.1) is 0 Å². The van der Waals surface area contributed by atoms with E-state index in [4.69, 9.17) is 10.3 Å². The minimum Gasteiger partial charge on any atom is -0.412 e. The van der Waals surface area contributed by atoms with Crippen LogP contribution in [0.25, 0.3) is 0 Å². The van der Waals surface area contributed by atoms with E-state index < -0.39 is 0 Å². The van der Waals surface area contributed by atoms with Crippen molar-refractivity contribution >= 4 is 0 Å². The zero-order chi connectivity index (χ0) is 6.28. The molecule has 4 heteroatoms. The Bertz CT molecular complexity index is 25.2. The SMILES string of the molecule is CC(C)CO.NO.O. The Kier molecular flexibility index (Phi) is 31.0. The van der Waals surface area contributed by atoms with Crippen molar-refractivity contribution in [1.29, 1.82) is 0 Å². The van der Waals surface area contributed by atoms with Gasteiger partial charge in [0.25, 0.3) is 0 Å². The van der Waals surface area contributed by atoms with Gasteiger partial charge in [-0.25, -0.2) is 5.90 Å². The van der Waals surface area contributed by atoms with E-state index in [2.05, 4.69) is 5.90 Å². The predicted molar refractivity (Wildman–Crippen MR) is 31.5 cm³/mol. The fourth-order valence-corrected chi connectivity index (χ4v) is 0. The molecule has 0 aliphatic carbocycles. The number of rotatable bonds is 1. The summed E-state index contributed by atoms with van der Waals surface area (Å²) in [6, 6.07) is 0. The lowest BCUT2D eigenvalue weighted by atomic mass is 10.2. The van der Waals surface area contributed by atoms with E-state index in [1.807, 2.05) is 13.8 Å². The molecule has 8 heavy (non-hydrogen) atoms. The number of aliphatic hydroxyl groups excluding tert-OH is 1. The average molecular weight is 125 g/mol. The summed E-state index contributed by atoms with van der Waals surface area (Å²) in [6.45, 7) is 4.25. The third kappa shape index (κ3) is 40.4. The molecular weight excluding hydrogens is 110 g/mol. The lowest BCUT2D eigenvalue weighted by molar-refractivity contribution is 0.248. The molecular formula is C4H15NO3. The maximum absolute atomic E-state index is 8.14. The summed E-state index contributed by atoms with van der Waals surface area (Å²) in [5, 5.41) is 14.6. The van der Waals surface area contributed by atoms with Crippen molar-refractivity contribution in [2.45, 2.75) is 13.8 Å². The van der Waals surface area contributed by atoms with Crippen LogP contribution in [0.4, 0.5) is 0 Å². The summed E-state index contributed by atoms with van der Waals surface area (Å²) < 4.78 is 0. The second-order valence-electron chi connectivity index (χ2n) is 1.58. The molecule has 6 N–H and O–H groups in total. The number of aliphatic hydroxyl groups is 1. The topological polar surface area (TPSA) is 98.0 Å². The summed E-state index contributed by atoms with van der Waals surface area (Å²) in [5.41, 5.74) is 0. The molecule has 0 aromatic heterocycles. The van der Waals surface area contributed by atoms with Crippen LogP contribution in [-0.2, 0) is 0 Å². The molecule has 0 amide bonds. The van der Waals surface area contributed by atoms with Gasteiger partial charge < -0.3 is 15.8 Å². The molecule has 0 saturated heterocycles. The molecule has 0 bridgehead atoms. The van der Waals surface area contributed by atoms with E-state index in [0.29, 0.717) is 12.5 Å². The van der Waals surface area contributed by atoms with Crippen LogP contribution >= 0.6 is 0 Å². The molecule has 54 valence electrons. The molecule has 0 aromatic rings. The molecule has 0 aromatic carbocycles. The van der Waals surface area contributed by atoms with Crippen molar-refractivity contribution < 1.29 is 15.8 Å². The summed E-state index contributed by atoms with van der Waals surface area (Å²) in [5.74, 6) is 3.94. The lowest BCUT2D eigenvalue weighted by Crippen LogP contribution is -1.90. The minimum absolute atomic E-state index is 0. The van der Waals surface area contributed by atoms with Gasteiger partial charge in [-0.2, -0.15) is 0 Å². The molecule has 0 unspecified atom stereocenters. The van der Waals surface area contributed by atoms with Gasteiger partial charge in [0.1, 0.15) is 0 Å². The van der Waals surface area contributed by atoms with E-state index >= 15 is 0 Å². The summed E-state index contributed by atoms with van der Waals surface area (Å²) >= 11 is 0. The molecule has 0 rings (SSSR count). The van der Waals surface area contributed by atoms with Crippen molar-refractivity contribution in [3.8, 4) is 0 Å². The quantitative estimate of drug-likeness (QED) is 0.398. The first kappa shape index (κ1) is 15.7. The van der Waals surface area contributed by atoms with Crippen molar-refractivity contribution in [1.82, 2.24) is 0 Å². The molecule has 0 fully saturated rings. The highest BCUT2D eigenvalue weighted by Gasteiger charge is 1.81. The van der Waals surface area contributed by atoms with Crippen LogP contribution < -0.4 is 5.90 Å². The van der Waals surface area contributed by atoms with Crippen molar-refractivity contribution in [2.75, 3.05) is 6.61 Å². The molecule has 0 spiro atoms. The monoisotopic (exact) mass is 125 g/mol. The molecule has 4 nitrogen and oxygen atoms in total. The summed E-state index contributed by atoms with van der Waals surface area (Å²) in [4.78, 5) is 0. The van der Waals surface area contributed by atoms with Gasteiger partial charge in [0, 0.05) is 6.61 Å². The molecule has 0 atom stereocenters. The van der Waals surface area contributed by atoms with E-state index in [9.17, 15) is 0 Å². The van der Waals surface area contributed by atoms with Crippen molar-refractivity contribution in [3.05, 3.63) is 0 Å². The maximum Gasteiger partial charge on any atom is 0.0453 e. The first-order chi connectivity index (χ1) is 3.27. The van der Waals surface area contributed by atoms with Crippen LogP contribution in [0.15, 0.2) is 0 Å². The standard InChI is InChI=1S/C4H10O.H3NO.H2O/c1-4(2)3-5;1-2;/h4-5H,3H2,1-2H3;2H,1H2;1H2. The Morgan fingerprint density at radius 3 is 1.50 bits per heavy atom. The van der Waals surface area contributed by atoms with Crippen LogP contribution in [0.1, 0.15) is 13.8 Å². The highest BCUT2D eigenvalue weighted by molar-refractivity contribution is 4.32. The molecule has 0 saturated carbocycles. The normalized spacial score (nSPS) is 6.75. The number of hydrogen-bond donors (Lipinski definition) is 3. The van der Waals surface area contributed by atoms with Gasteiger partial charge in [-0.1, -0.05) is 13.8 Å². The fourth-order valence-electron chi connectivity index (χ4n) is 0. The fraction of sp³-hybridized carbons (Fsp3) is 1.00. The van der Waals surface area contributed by atoms with E-state index in [1.54, 1.807) is 0 Å². The second kappa shape index (κ2) is 15.8. The Labute approximate surface area is 49.2 Å². The maximum atomic E-state index is 8.14. The van der Waals surface area contributed by atoms with Crippen LogP contribution in [-0.4, -0.2) is 22.4 Å². The van der Waals surface area contributed by atoms with Crippen LogP contribution in [0.2, 0.25) is 0 Å². The average Bonchev–Trinajstić information content (AvgIpc) is 1.73. The molecule has 0 aliphatic rings. The van der Waals surface area contributed by atoms with Gasteiger partial charge in [0.2, 0.25) is 0 Å². The van der Waals surface area contributed by atoms with Gasteiger partial charge in [0.15, 0.2) is 0 Å². The van der Waals surface area contributed by atoms with Gasteiger partial charge in [-0.15, -0.1) is 0 Å². The number of hydrogen-bond acceptors (Lipinski definition) is 3. The van der Waals surface area contributed by atoms with Crippen molar-refractivity contribution in [2.24, 2.45) is 11.8 Å². The van der Waals surface area contributed by atoms with E-state index in [0.717, 1.165) is 0 Å². The zero-order valence-electron chi connectivity index (χ0n) is 5.26. The molecule has 0 aliphatic heterocycles. The van der Waals surface area contributed by atoms with Gasteiger partial charge in [-0.3, -0.25) is 0 Å². The summed E-state index contributed by atoms with van der Waals surface area (Å²) in [6.07, 6.45) is 0. The van der Waals surface area contributed by atoms with E-state index in [-0.39, 0.29) is 5.48 Å². The molecule has 0 heterocycles. The first-order valence-corrected chi connectivity index (χ1v) is 2.14. The summed E-state index contributed by atoms with van der Waals surface area (Å²) in [7, 11) is 0. The lowest BCUT2D eigenvalue weighted by Gasteiger charge is -1.90. The second-order valence-corrected chi connectivity index (χ2v) is 1.58. The highest BCUT2D eigenvalue weighted by atomic mass is 16.4. The van der Waals surface area contributed by atoms with Gasteiger partial charge in [-0.05, 0) is 5.92 Å². The van der Waals surface area contributed by atoms with Gasteiger partial charge >= 0.3 is 0 Å². The third-order valence-electron chi connectivity index (χ3n) is 0.365. The third-order valence-corrected chi connectivity index (χ3v) is 0.365. The molecule has 0 radical (unpaired) electrons. The van der Waals surface area contributed by atoms with Crippen molar-refractivity contribution in [3.63, 3.8) is 0 Å². The minimum atomic E-state index is 0. The first-order valence-electron chi connectivity index (χ1n) is 2.14. The predicted octanol–water partition coefficient (Wildman–Crippen LogP) is -0.856. The van der Waals surface area contributed by atoms with Crippen LogP contribution in [0.5, 0.6) is 0 Å². The van der Waals surface area contributed by atoms with Crippen LogP contribution in [0.3, 0.4) is 0 Å². The zero-order valence-corrected chi connectivity index (χ0v) is 5.26. The Morgan fingerprint density at radius 1 is 1.38 bits per heavy atom. The van der Waals surface area contributed by atoms with Crippen LogP contribution in [0, 0.1) is 5.92 Å². The Balaban J connectivity index is -0.0000000750. The Hall–Kier alpha value is -0.160.